The van der Waals surface area contributed by atoms with E-state index in [1.807, 2.05) is 35.9 Å². The molecule has 0 aliphatic rings. The van der Waals surface area contributed by atoms with Crippen molar-refractivity contribution in [1.29, 1.82) is 0 Å². The Morgan fingerprint density at radius 1 is 1.19 bits per heavy atom. The van der Waals surface area contributed by atoms with Gasteiger partial charge < -0.3 is 10.5 Å². The van der Waals surface area contributed by atoms with E-state index >= 15 is 0 Å². The van der Waals surface area contributed by atoms with Crippen LogP contribution < -0.4 is 10.5 Å². The molecular formula is C16H24N4O. The Kier molecular flexibility index (Phi) is 5.33. The molecule has 5 heteroatoms. The van der Waals surface area contributed by atoms with E-state index in [0.717, 1.165) is 35.8 Å². The number of nitrogens with zero attached hydrogens (tertiary/aromatic N) is 3. The van der Waals surface area contributed by atoms with E-state index in [1.165, 1.54) is 0 Å². The number of benzene rings is 1. The molecule has 2 N–H and O–H groups in total. The summed E-state index contributed by atoms with van der Waals surface area (Å²) < 4.78 is 7.58. The van der Waals surface area contributed by atoms with Crippen LogP contribution in [0.25, 0.3) is 0 Å². The van der Waals surface area contributed by atoms with Gasteiger partial charge in [-0.2, -0.15) is 5.10 Å². The van der Waals surface area contributed by atoms with Crippen LogP contribution in [0.3, 0.4) is 0 Å². The third kappa shape index (κ3) is 3.61. The van der Waals surface area contributed by atoms with E-state index in [4.69, 9.17) is 10.5 Å². The first-order chi connectivity index (χ1) is 10.2. The van der Waals surface area contributed by atoms with E-state index in [1.54, 1.807) is 0 Å². The number of aromatic nitrogens is 3. The van der Waals surface area contributed by atoms with Crippen LogP contribution in [-0.4, -0.2) is 21.4 Å². The summed E-state index contributed by atoms with van der Waals surface area (Å²) in [5.74, 6) is 2.70. The van der Waals surface area contributed by atoms with Gasteiger partial charge in [0.15, 0.2) is 5.82 Å². The average Bonchev–Trinajstić information content (AvgIpc) is 2.90. The molecule has 1 atom stereocenters. The molecule has 21 heavy (non-hydrogen) atoms. The van der Waals surface area contributed by atoms with Gasteiger partial charge in [-0.05, 0) is 13.0 Å². The molecule has 0 fully saturated rings. The van der Waals surface area contributed by atoms with E-state index in [-0.39, 0.29) is 6.04 Å². The first kappa shape index (κ1) is 15.5. The van der Waals surface area contributed by atoms with Crippen molar-refractivity contribution >= 4 is 0 Å². The van der Waals surface area contributed by atoms with Crippen molar-refractivity contribution in [3.8, 4) is 5.75 Å². The summed E-state index contributed by atoms with van der Waals surface area (Å²) >= 11 is 0. The maximum Gasteiger partial charge on any atom is 0.150 e. The van der Waals surface area contributed by atoms with Crippen LogP contribution in [0.1, 0.15) is 44.0 Å². The Morgan fingerprint density at radius 3 is 2.62 bits per heavy atom. The van der Waals surface area contributed by atoms with Crippen LogP contribution >= 0.6 is 0 Å². The Hall–Kier alpha value is -1.88. The van der Waals surface area contributed by atoms with Crippen molar-refractivity contribution in [1.82, 2.24) is 14.8 Å². The highest BCUT2D eigenvalue weighted by Gasteiger charge is 2.15. The van der Waals surface area contributed by atoms with Crippen molar-refractivity contribution < 1.29 is 4.74 Å². The van der Waals surface area contributed by atoms with Gasteiger partial charge in [-0.3, -0.25) is 0 Å². The zero-order valence-electron chi connectivity index (χ0n) is 13.0. The molecule has 0 spiro atoms. The summed E-state index contributed by atoms with van der Waals surface area (Å²) in [6, 6.07) is 7.75. The summed E-state index contributed by atoms with van der Waals surface area (Å²) in [5.41, 5.74) is 7.37. The highest BCUT2D eigenvalue weighted by atomic mass is 16.5. The predicted octanol–water partition coefficient (Wildman–Crippen LogP) is 2.50. The molecule has 1 unspecified atom stereocenters. The SMILES string of the molecule is CCOc1ccccc1C(N)Cn1nc(CC)nc1CC. The Balaban J connectivity index is 2.21. The molecule has 0 bridgehead atoms. The highest BCUT2D eigenvalue weighted by Crippen LogP contribution is 2.24. The fourth-order valence-corrected chi connectivity index (χ4v) is 2.34. The highest BCUT2D eigenvalue weighted by molar-refractivity contribution is 5.35. The normalized spacial score (nSPS) is 12.4. The summed E-state index contributed by atoms with van der Waals surface area (Å²) in [6.45, 7) is 7.36. The largest absolute Gasteiger partial charge is 0.494 e. The molecule has 0 saturated carbocycles. The maximum absolute atomic E-state index is 6.36. The second kappa shape index (κ2) is 7.22. The second-order valence-corrected chi connectivity index (χ2v) is 4.91. The zero-order valence-corrected chi connectivity index (χ0v) is 13.0. The Morgan fingerprint density at radius 2 is 1.95 bits per heavy atom. The summed E-state index contributed by atoms with van der Waals surface area (Å²) in [6.07, 6.45) is 1.69. The van der Waals surface area contributed by atoms with Gasteiger partial charge in [-0.1, -0.05) is 32.0 Å². The van der Waals surface area contributed by atoms with Gasteiger partial charge in [0, 0.05) is 18.4 Å². The van der Waals surface area contributed by atoms with E-state index in [9.17, 15) is 0 Å². The standard InChI is InChI=1S/C16H24N4O/c1-4-15-18-16(5-2)20(19-15)11-13(17)12-9-7-8-10-14(12)21-6-3/h7-10,13H,4-6,11,17H2,1-3H3. The molecule has 114 valence electrons. The van der Waals surface area contributed by atoms with Crippen LogP contribution in [0.5, 0.6) is 5.75 Å². The number of aryl methyl sites for hydroxylation is 2. The first-order valence-electron chi connectivity index (χ1n) is 7.59. The molecule has 1 aromatic heterocycles. The molecule has 2 rings (SSSR count). The Labute approximate surface area is 126 Å². The van der Waals surface area contributed by atoms with Crippen molar-refractivity contribution in [3.63, 3.8) is 0 Å². The van der Waals surface area contributed by atoms with Crippen LogP contribution in [0.15, 0.2) is 24.3 Å². The van der Waals surface area contributed by atoms with Gasteiger partial charge >= 0.3 is 0 Å². The second-order valence-electron chi connectivity index (χ2n) is 4.91. The van der Waals surface area contributed by atoms with Gasteiger partial charge in [-0.25, -0.2) is 9.67 Å². The lowest BCUT2D eigenvalue weighted by Gasteiger charge is -2.17. The number of para-hydroxylation sites is 1. The van der Waals surface area contributed by atoms with Gasteiger partial charge in [0.25, 0.3) is 0 Å². The third-order valence-electron chi connectivity index (χ3n) is 3.41. The summed E-state index contributed by atoms with van der Waals surface area (Å²) in [7, 11) is 0. The van der Waals surface area contributed by atoms with E-state index in [2.05, 4.69) is 23.9 Å². The number of hydrogen-bond donors (Lipinski definition) is 1. The fourth-order valence-electron chi connectivity index (χ4n) is 2.34. The summed E-state index contributed by atoms with van der Waals surface area (Å²) in [4.78, 5) is 4.52. The quantitative estimate of drug-likeness (QED) is 0.850. The predicted molar refractivity (Wildman–Crippen MR) is 83.3 cm³/mol. The van der Waals surface area contributed by atoms with Crippen LogP contribution in [-0.2, 0) is 19.4 Å². The molecule has 1 heterocycles. The molecular weight excluding hydrogens is 264 g/mol. The molecule has 0 radical (unpaired) electrons. The summed E-state index contributed by atoms with van der Waals surface area (Å²) in [5, 5.41) is 4.53. The fraction of sp³-hybridized carbons (Fsp3) is 0.500. The van der Waals surface area contributed by atoms with E-state index < -0.39 is 0 Å². The first-order valence-corrected chi connectivity index (χ1v) is 7.59. The lowest BCUT2D eigenvalue weighted by molar-refractivity contribution is 0.332. The smallest absolute Gasteiger partial charge is 0.150 e. The Bertz CT molecular complexity index is 579. The molecule has 5 nitrogen and oxygen atoms in total. The minimum absolute atomic E-state index is 0.163. The molecule has 2 aromatic rings. The minimum atomic E-state index is -0.163. The molecule has 1 aromatic carbocycles. The van der Waals surface area contributed by atoms with Crippen LogP contribution in [0, 0.1) is 0 Å². The topological polar surface area (TPSA) is 66.0 Å². The van der Waals surface area contributed by atoms with Gasteiger partial charge in [0.1, 0.15) is 11.6 Å². The van der Waals surface area contributed by atoms with Crippen molar-refractivity contribution in [2.45, 2.75) is 46.2 Å². The van der Waals surface area contributed by atoms with Crippen molar-refractivity contribution in [3.05, 3.63) is 41.5 Å². The number of rotatable bonds is 7. The molecule has 0 aliphatic carbocycles. The number of hydrogen-bond acceptors (Lipinski definition) is 4. The molecule has 0 amide bonds. The number of ether oxygens (including phenoxy) is 1. The van der Waals surface area contributed by atoms with Crippen LogP contribution in [0.4, 0.5) is 0 Å². The maximum atomic E-state index is 6.36. The van der Waals surface area contributed by atoms with Gasteiger partial charge in [0.05, 0.1) is 19.2 Å². The lowest BCUT2D eigenvalue weighted by atomic mass is 10.1. The molecule has 0 saturated heterocycles. The minimum Gasteiger partial charge on any atom is -0.494 e. The van der Waals surface area contributed by atoms with Gasteiger partial charge in [-0.15, -0.1) is 0 Å². The van der Waals surface area contributed by atoms with Crippen LogP contribution in [0.2, 0.25) is 0 Å². The lowest BCUT2D eigenvalue weighted by Crippen LogP contribution is -2.20. The van der Waals surface area contributed by atoms with Crippen molar-refractivity contribution in [2.24, 2.45) is 5.73 Å². The van der Waals surface area contributed by atoms with Crippen molar-refractivity contribution in [2.75, 3.05) is 6.61 Å². The third-order valence-corrected chi connectivity index (χ3v) is 3.41. The number of nitrogens with two attached hydrogens (primary N) is 1. The monoisotopic (exact) mass is 288 g/mol. The zero-order chi connectivity index (χ0) is 15.2. The van der Waals surface area contributed by atoms with E-state index in [0.29, 0.717) is 13.2 Å². The average molecular weight is 288 g/mol. The molecule has 0 aliphatic heterocycles. The van der Waals surface area contributed by atoms with Gasteiger partial charge in [0.2, 0.25) is 0 Å².